The molecule has 1 N–H and O–H groups in total. The van der Waals surface area contributed by atoms with E-state index in [2.05, 4.69) is 11.3 Å². The molecule has 0 aromatic heterocycles. The van der Waals surface area contributed by atoms with E-state index in [1.54, 1.807) is 12.1 Å². The standard InChI is InChI=1S/C20H17NO4S/c1-14(2)20(22)25-16-10-12-17(13-11-16)26(23,24)21-19-9-5-7-15-6-3-4-8-18(15)19/h3-13,21H,1H2,2H3. The summed E-state index contributed by atoms with van der Waals surface area (Å²) in [5.74, 6) is -0.309. The molecule has 0 aliphatic heterocycles. The average Bonchev–Trinajstić information content (AvgIpc) is 2.62. The third-order valence-electron chi connectivity index (χ3n) is 3.73. The van der Waals surface area contributed by atoms with E-state index in [0.717, 1.165) is 10.8 Å². The highest BCUT2D eigenvalue weighted by atomic mass is 32.2. The normalized spacial score (nSPS) is 11.1. The van der Waals surface area contributed by atoms with Crippen molar-refractivity contribution in [1.29, 1.82) is 0 Å². The van der Waals surface area contributed by atoms with Gasteiger partial charge in [0.2, 0.25) is 0 Å². The molecule has 132 valence electrons. The second-order valence-electron chi connectivity index (χ2n) is 5.77. The number of hydrogen-bond donors (Lipinski definition) is 1. The number of esters is 1. The fourth-order valence-electron chi connectivity index (χ4n) is 2.40. The Morgan fingerprint density at radius 1 is 0.962 bits per heavy atom. The van der Waals surface area contributed by atoms with Crippen LogP contribution in [-0.2, 0) is 14.8 Å². The lowest BCUT2D eigenvalue weighted by Crippen LogP contribution is -2.13. The molecule has 0 saturated carbocycles. The summed E-state index contributed by atoms with van der Waals surface area (Å²) in [6, 6.07) is 18.6. The van der Waals surface area contributed by atoms with Crippen molar-refractivity contribution in [2.24, 2.45) is 0 Å². The average molecular weight is 367 g/mol. The lowest BCUT2D eigenvalue weighted by Gasteiger charge is -2.11. The highest BCUT2D eigenvalue weighted by Crippen LogP contribution is 2.26. The smallest absolute Gasteiger partial charge is 0.338 e. The predicted octanol–water partition coefficient (Wildman–Crippen LogP) is 4.12. The summed E-state index contributed by atoms with van der Waals surface area (Å²) in [4.78, 5) is 11.6. The number of rotatable bonds is 5. The molecule has 6 heteroatoms. The zero-order valence-electron chi connectivity index (χ0n) is 14.1. The van der Waals surface area contributed by atoms with Crippen LogP contribution in [0.2, 0.25) is 0 Å². The molecule has 3 aromatic carbocycles. The molecule has 0 bridgehead atoms. The van der Waals surface area contributed by atoms with Crippen LogP contribution in [0.15, 0.2) is 83.8 Å². The second kappa shape index (κ2) is 7.01. The van der Waals surface area contributed by atoms with Gasteiger partial charge in [-0.25, -0.2) is 13.2 Å². The lowest BCUT2D eigenvalue weighted by atomic mass is 10.1. The number of carbonyl (C=O) groups excluding carboxylic acids is 1. The Morgan fingerprint density at radius 3 is 2.31 bits per heavy atom. The van der Waals surface area contributed by atoms with Gasteiger partial charge in [0.15, 0.2) is 0 Å². The van der Waals surface area contributed by atoms with E-state index >= 15 is 0 Å². The van der Waals surface area contributed by atoms with E-state index in [1.165, 1.54) is 31.2 Å². The summed E-state index contributed by atoms with van der Waals surface area (Å²) in [6.07, 6.45) is 0. The van der Waals surface area contributed by atoms with E-state index in [4.69, 9.17) is 4.74 Å². The second-order valence-corrected chi connectivity index (χ2v) is 7.46. The molecule has 5 nitrogen and oxygen atoms in total. The van der Waals surface area contributed by atoms with Gasteiger partial charge in [0, 0.05) is 11.0 Å². The minimum absolute atomic E-state index is 0.0700. The first kappa shape index (κ1) is 17.7. The summed E-state index contributed by atoms with van der Waals surface area (Å²) in [5.41, 5.74) is 0.764. The number of benzene rings is 3. The van der Waals surface area contributed by atoms with E-state index < -0.39 is 16.0 Å². The maximum absolute atomic E-state index is 12.7. The Hall–Kier alpha value is -3.12. The number of ether oxygens (including phenoxy) is 1. The Bertz CT molecular complexity index is 1080. The van der Waals surface area contributed by atoms with Crippen molar-refractivity contribution in [3.05, 3.63) is 78.9 Å². The van der Waals surface area contributed by atoms with Crippen molar-refractivity contribution in [1.82, 2.24) is 0 Å². The summed E-state index contributed by atoms with van der Waals surface area (Å²) < 4.78 is 33.0. The summed E-state index contributed by atoms with van der Waals surface area (Å²) in [6.45, 7) is 5.04. The number of carbonyl (C=O) groups is 1. The van der Waals surface area contributed by atoms with Gasteiger partial charge >= 0.3 is 5.97 Å². The molecular formula is C20H17NO4S. The fraction of sp³-hybridized carbons (Fsp3) is 0.0500. The molecule has 0 radical (unpaired) electrons. The first-order chi connectivity index (χ1) is 12.4. The zero-order valence-corrected chi connectivity index (χ0v) is 14.9. The van der Waals surface area contributed by atoms with Crippen LogP contribution in [0.1, 0.15) is 6.92 Å². The molecule has 0 fully saturated rings. The Kier molecular flexibility index (Phi) is 4.77. The zero-order chi connectivity index (χ0) is 18.7. The van der Waals surface area contributed by atoms with Crippen molar-refractivity contribution in [2.75, 3.05) is 4.72 Å². The number of sulfonamides is 1. The Balaban J connectivity index is 1.86. The number of hydrogen-bond acceptors (Lipinski definition) is 4. The third-order valence-corrected chi connectivity index (χ3v) is 5.11. The lowest BCUT2D eigenvalue weighted by molar-refractivity contribution is -0.130. The molecule has 0 spiro atoms. The minimum atomic E-state index is -3.77. The molecular weight excluding hydrogens is 350 g/mol. The van der Waals surface area contributed by atoms with Gasteiger partial charge in [-0.1, -0.05) is 43.0 Å². The van der Waals surface area contributed by atoms with Crippen molar-refractivity contribution in [2.45, 2.75) is 11.8 Å². The van der Waals surface area contributed by atoms with Gasteiger partial charge in [-0.2, -0.15) is 0 Å². The Labute approximate surface area is 152 Å². The van der Waals surface area contributed by atoms with Crippen LogP contribution in [0.5, 0.6) is 5.75 Å². The molecule has 0 aliphatic rings. The highest BCUT2D eigenvalue weighted by molar-refractivity contribution is 7.92. The quantitative estimate of drug-likeness (QED) is 0.418. The summed E-state index contributed by atoms with van der Waals surface area (Å²) in [7, 11) is -3.77. The van der Waals surface area contributed by atoms with Gasteiger partial charge in [0.1, 0.15) is 5.75 Å². The monoisotopic (exact) mass is 367 g/mol. The van der Waals surface area contributed by atoms with Crippen molar-refractivity contribution < 1.29 is 17.9 Å². The molecule has 0 aliphatic carbocycles. The predicted molar refractivity (Wildman–Crippen MR) is 102 cm³/mol. The van der Waals surface area contributed by atoms with Gasteiger partial charge in [0.05, 0.1) is 10.6 Å². The molecule has 0 atom stereocenters. The van der Waals surface area contributed by atoms with Gasteiger partial charge in [-0.15, -0.1) is 0 Å². The van der Waals surface area contributed by atoms with E-state index in [9.17, 15) is 13.2 Å². The van der Waals surface area contributed by atoms with Crippen molar-refractivity contribution in [3.63, 3.8) is 0 Å². The van der Waals surface area contributed by atoms with E-state index in [1.807, 2.05) is 30.3 Å². The maximum atomic E-state index is 12.7. The SMILES string of the molecule is C=C(C)C(=O)Oc1ccc(S(=O)(=O)Nc2cccc3ccccc23)cc1. The van der Waals surface area contributed by atoms with Crippen LogP contribution in [0.25, 0.3) is 10.8 Å². The third kappa shape index (κ3) is 3.75. The summed E-state index contributed by atoms with van der Waals surface area (Å²) in [5, 5.41) is 1.75. The Morgan fingerprint density at radius 2 is 1.62 bits per heavy atom. The molecule has 0 amide bonds. The van der Waals surface area contributed by atoms with Crippen LogP contribution < -0.4 is 9.46 Å². The van der Waals surface area contributed by atoms with Crippen LogP contribution in [-0.4, -0.2) is 14.4 Å². The van der Waals surface area contributed by atoms with E-state index in [-0.39, 0.29) is 16.2 Å². The molecule has 3 rings (SSSR count). The van der Waals surface area contributed by atoms with Crippen LogP contribution >= 0.6 is 0 Å². The van der Waals surface area contributed by atoms with Crippen molar-refractivity contribution >= 4 is 32.5 Å². The van der Waals surface area contributed by atoms with Crippen LogP contribution in [0.4, 0.5) is 5.69 Å². The molecule has 3 aromatic rings. The minimum Gasteiger partial charge on any atom is -0.423 e. The molecule has 0 heterocycles. The first-order valence-corrected chi connectivity index (χ1v) is 9.33. The van der Waals surface area contributed by atoms with Crippen LogP contribution in [0, 0.1) is 0 Å². The molecule has 0 unspecified atom stereocenters. The van der Waals surface area contributed by atoms with E-state index in [0.29, 0.717) is 5.69 Å². The largest absolute Gasteiger partial charge is 0.423 e. The summed E-state index contributed by atoms with van der Waals surface area (Å²) >= 11 is 0. The fourth-order valence-corrected chi connectivity index (χ4v) is 3.48. The molecule has 26 heavy (non-hydrogen) atoms. The number of anilines is 1. The molecule has 0 saturated heterocycles. The van der Waals surface area contributed by atoms with Gasteiger partial charge < -0.3 is 4.74 Å². The van der Waals surface area contributed by atoms with Gasteiger partial charge in [0.25, 0.3) is 10.0 Å². The maximum Gasteiger partial charge on any atom is 0.338 e. The first-order valence-electron chi connectivity index (χ1n) is 7.85. The van der Waals surface area contributed by atoms with Crippen LogP contribution in [0.3, 0.4) is 0 Å². The van der Waals surface area contributed by atoms with Gasteiger partial charge in [-0.05, 0) is 42.6 Å². The van der Waals surface area contributed by atoms with Crippen molar-refractivity contribution in [3.8, 4) is 5.75 Å². The van der Waals surface area contributed by atoms with Gasteiger partial charge in [-0.3, -0.25) is 4.72 Å². The number of nitrogens with one attached hydrogen (secondary N) is 1. The topological polar surface area (TPSA) is 72.5 Å². The highest BCUT2D eigenvalue weighted by Gasteiger charge is 2.16. The number of fused-ring (bicyclic) bond motifs is 1.